The van der Waals surface area contributed by atoms with Crippen LogP contribution in [0.4, 0.5) is 11.4 Å². The van der Waals surface area contributed by atoms with Gasteiger partial charge in [0.05, 0.1) is 22.1 Å². The molecule has 0 saturated carbocycles. The summed E-state index contributed by atoms with van der Waals surface area (Å²) >= 11 is 12.0. The van der Waals surface area contributed by atoms with Crippen molar-refractivity contribution in [2.45, 2.75) is 13.5 Å². The van der Waals surface area contributed by atoms with E-state index in [2.05, 4.69) is 5.32 Å². The number of anilines is 1. The fraction of sp³-hybridized carbons (Fsp3) is 0.120. The molecule has 0 fully saturated rings. The van der Waals surface area contributed by atoms with Gasteiger partial charge in [0, 0.05) is 11.6 Å². The van der Waals surface area contributed by atoms with E-state index in [1.54, 1.807) is 49.4 Å². The highest BCUT2D eigenvalue weighted by atomic mass is 35.5. The van der Waals surface area contributed by atoms with Gasteiger partial charge < -0.3 is 14.8 Å². The predicted molar refractivity (Wildman–Crippen MR) is 134 cm³/mol. The molecule has 0 aliphatic rings. The number of hydrogen-bond donors (Lipinski definition) is 1. The van der Waals surface area contributed by atoms with Gasteiger partial charge in [-0.3, -0.25) is 14.9 Å². The molecule has 178 valence electrons. The Hall–Kier alpha value is -4.06. The van der Waals surface area contributed by atoms with Crippen molar-refractivity contribution in [1.29, 1.82) is 5.26 Å². The van der Waals surface area contributed by atoms with Crippen LogP contribution in [0.15, 0.2) is 60.2 Å². The molecule has 3 rings (SSSR count). The second kappa shape index (κ2) is 11.4. The molecule has 35 heavy (non-hydrogen) atoms. The van der Waals surface area contributed by atoms with E-state index in [4.69, 9.17) is 32.7 Å². The van der Waals surface area contributed by atoms with Crippen LogP contribution in [0.3, 0.4) is 0 Å². The number of benzene rings is 3. The van der Waals surface area contributed by atoms with E-state index in [1.807, 2.05) is 6.07 Å². The number of carbonyl (C=O) groups is 1. The molecule has 0 saturated heterocycles. The monoisotopic (exact) mass is 511 g/mol. The maximum absolute atomic E-state index is 12.8. The molecule has 0 heterocycles. The average molecular weight is 512 g/mol. The summed E-state index contributed by atoms with van der Waals surface area (Å²) in [7, 11) is 1.46. The van der Waals surface area contributed by atoms with Gasteiger partial charge in [0.15, 0.2) is 11.5 Å². The van der Waals surface area contributed by atoms with Crippen LogP contribution in [0.5, 0.6) is 11.5 Å². The third kappa shape index (κ3) is 6.29. The standard InChI is InChI=1S/C25H19Cl2N3O5/c1-15-6-9-21(22(10-15)30(32)33)29-25(31)18(13-28)12-17-4-3-5-23(34-2)24(17)35-14-16-7-8-19(26)20(27)11-16/h3-12H,14H2,1-2H3,(H,29,31)/b18-12+. The van der Waals surface area contributed by atoms with E-state index >= 15 is 0 Å². The molecule has 0 atom stereocenters. The average Bonchev–Trinajstić information content (AvgIpc) is 2.84. The Labute approximate surface area is 211 Å². The number of carbonyl (C=O) groups excluding carboxylic acids is 1. The number of ether oxygens (including phenoxy) is 2. The largest absolute Gasteiger partial charge is 0.493 e. The molecule has 8 nitrogen and oxygen atoms in total. The second-order valence-corrected chi connectivity index (χ2v) is 8.13. The van der Waals surface area contributed by atoms with E-state index in [1.165, 1.54) is 25.3 Å². The minimum Gasteiger partial charge on any atom is -0.493 e. The number of hydrogen-bond acceptors (Lipinski definition) is 6. The molecule has 0 unspecified atom stereocenters. The first-order valence-corrected chi connectivity index (χ1v) is 10.9. The number of nitro benzene ring substituents is 1. The number of rotatable bonds is 8. The Kier molecular flexibility index (Phi) is 8.31. The lowest BCUT2D eigenvalue weighted by Gasteiger charge is -2.14. The lowest BCUT2D eigenvalue weighted by molar-refractivity contribution is -0.384. The SMILES string of the molecule is COc1cccc(/C=C(\C#N)C(=O)Nc2ccc(C)cc2[N+](=O)[O-])c1OCc1ccc(Cl)c(Cl)c1. The van der Waals surface area contributed by atoms with Crippen molar-refractivity contribution in [2.75, 3.05) is 12.4 Å². The van der Waals surface area contributed by atoms with Crippen molar-refractivity contribution < 1.29 is 19.2 Å². The first-order valence-electron chi connectivity index (χ1n) is 10.2. The Bertz CT molecular complexity index is 1370. The molecule has 0 aliphatic carbocycles. The van der Waals surface area contributed by atoms with Crippen molar-refractivity contribution in [3.63, 3.8) is 0 Å². The highest BCUT2D eigenvalue weighted by molar-refractivity contribution is 6.42. The van der Waals surface area contributed by atoms with Crippen LogP contribution in [-0.4, -0.2) is 17.9 Å². The molecule has 0 radical (unpaired) electrons. The van der Waals surface area contributed by atoms with Gasteiger partial charge in [-0.05, 0) is 48.4 Å². The summed E-state index contributed by atoms with van der Waals surface area (Å²) in [5, 5.41) is 24.2. The molecule has 1 amide bonds. The zero-order valence-corrected chi connectivity index (χ0v) is 20.2. The second-order valence-electron chi connectivity index (χ2n) is 7.32. The maximum atomic E-state index is 12.8. The number of nitrogens with zero attached hydrogens (tertiary/aromatic N) is 2. The number of methoxy groups -OCH3 is 1. The van der Waals surface area contributed by atoms with Gasteiger partial charge in [0.1, 0.15) is 23.9 Å². The van der Waals surface area contributed by atoms with E-state index in [0.29, 0.717) is 32.7 Å². The molecule has 0 aromatic heterocycles. The third-order valence-electron chi connectivity index (χ3n) is 4.86. The van der Waals surface area contributed by atoms with Crippen molar-refractivity contribution in [1.82, 2.24) is 0 Å². The van der Waals surface area contributed by atoms with Crippen molar-refractivity contribution in [3.05, 3.63) is 97.0 Å². The highest BCUT2D eigenvalue weighted by Gasteiger charge is 2.19. The molecule has 0 spiro atoms. The summed E-state index contributed by atoms with van der Waals surface area (Å²) in [4.78, 5) is 23.6. The molecule has 1 N–H and O–H groups in total. The van der Waals surface area contributed by atoms with Gasteiger partial charge in [-0.25, -0.2) is 0 Å². The van der Waals surface area contributed by atoms with Gasteiger partial charge in [-0.1, -0.05) is 47.5 Å². The summed E-state index contributed by atoms with van der Waals surface area (Å²) in [6, 6.07) is 16.3. The molecule has 10 heteroatoms. The molecule has 0 bridgehead atoms. The quantitative estimate of drug-likeness (QED) is 0.163. The van der Waals surface area contributed by atoms with Gasteiger partial charge in [0.2, 0.25) is 0 Å². The Morgan fingerprint density at radius 1 is 1.17 bits per heavy atom. The zero-order chi connectivity index (χ0) is 25.5. The minimum atomic E-state index is -0.808. The van der Waals surface area contributed by atoms with Crippen LogP contribution in [0.25, 0.3) is 6.08 Å². The lowest BCUT2D eigenvalue weighted by Crippen LogP contribution is -2.14. The van der Waals surface area contributed by atoms with Gasteiger partial charge >= 0.3 is 0 Å². The highest BCUT2D eigenvalue weighted by Crippen LogP contribution is 2.34. The van der Waals surface area contributed by atoms with E-state index in [0.717, 1.165) is 5.56 Å². The fourth-order valence-corrected chi connectivity index (χ4v) is 3.46. The maximum Gasteiger partial charge on any atom is 0.293 e. The Morgan fingerprint density at radius 2 is 1.94 bits per heavy atom. The van der Waals surface area contributed by atoms with Crippen molar-refractivity contribution in [2.24, 2.45) is 0 Å². The molecule has 3 aromatic rings. The smallest absolute Gasteiger partial charge is 0.293 e. The zero-order valence-electron chi connectivity index (χ0n) is 18.7. The molecule has 3 aromatic carbocycles. The van der Waals surface area contributed by atoms with Crippen LogP contribution >= 0.6 is 23.2 Å². The number of amides is 1. The summed E-state index contributed by atoms with van der Waals surface area (Å²) in [5.74, 6) is -0.133. The van der Waals surface area contributed by atoms with Crippen molar-refractivity contribution in [3.8, 4) is 17.6 Å². The topological polar surface area (TPSA) is 114 Å². The van der Waals surface area contributed by atoms with E-state index in [-0.39, 0.29) is 23.6 Å². The van der Waals surface area contributed by atoms with Gasteiger partial charge in [-0.2, -0.15) is 5.26 Å². The fourth-order valence-electron chi connectivity index (χ4n) is 3.14. The van der Waals surface area contributed by atoms with Crippen molar-refractivity contribution >= 4 is 46.6 Å². The summed E-state index contributed by atoms with van der Waals surface area (Å²) in [5.41, 5.74) is 1.22. The Balaban J connectivity index is 1.92. The molecular formula is C25H19Cl2N3O5. The van der Waals surface area contributed by atoms with Crippen LogP contribution in [0, 0.1) is 28.4 Å². The van der Waals surface area contributed by atoms with Crippen LogP contribution in [0.1, 0.15) is 16.7 Å². The normalized spacial score (nSPS) is 10.9. The summed E-state index contributed by atoms with van der Waals surface area (Å²) in [6.45, 7) is 1.81. The summed E-state index contributed by atoms with van der Waals surface area (Å²) < 4.78 is 11.3. The predicted octanol–water partition coefficient (Wildman–Crippen LogP) is 6.34. The summed E-state index contributed by atoms with van der Waals surface area (Å²) in [6.07, 6.45) is 1.32. The Morgan fingerprint density at radius 3 is 2.60 bits per heavy atom. The number of nitriles is 1. The number of aryl methyl sites for hydroxylation is 1. The number of halogens is 2. The van der Waals surface area contributed by atoms with Crippen LogP contribution in [0.2, 0.25) is 10.0 Å². The number of para-hydroxylation sites is 1. The first-order chi connectivity index (χ1) is 16.7. The minimum absolute atomic E-state index is 0.0199. The van der Waals surface area contributed by atoms with Gasteiger partial charge in [0.25, 0.3) is 11.6 Å². The van der Waals surface area contributed by atoms with Gasteiger partial charge in [-0.15, -0.1) is 0 Å². The number of nitro groups is 1. The van der Waals surface area contributed by atoms with Crippen LogP contribution in [-0.2, 0) is 11.4 Å². The lowest BCUT2D eigenvalue weighted by atomic mass is 10.1. The van der Waals surface area contributed by atoms with E-state index < -0.39 is 10.8 Å². The molecular weight excluding hydrogens is 493 g/mol. The molecule has 0 aliphatic heterocycles. The van der Waals surface area contributed by atoms with Crippen LogP contribution < -0.4 is 14.8 Å². The third-order valence-corrected chi connectivity index (χ3v) is 5.60. The first kappa shape index (κ1) is 25.6. The number of nitrogens with one attached hydrogen (secondary N) is 1. The van der Waals surface area contributed by atoms with E-state index in [9.17, 15) is 20.2 Å².